The number of hydrogen-bond donors (Lipinski definition) is 3. The Hall–Kier alpha value is -3.82. The van der Waals surface area contributed by atoms with E-state index in [1.165, 1.54) is 18.4 Å². The van der Waals surface area contributed by atoms with Crippen LogP contribution in [0.3, 0.4) is 0 Å². The third kappa shape index (κ3) is 5.56. The van der Waals surface area contributed by atoms with Crippen LogP contribution >= 0.6 is 27.5 Å². The van der Waals surface area contributed by atoms with Gasteiger partial charge >= 0.3 is 0 Å². The maximum absolute atomic E-state index is 12.9. The van der Waals surface area contributed by atoms with Crippen molar-refractivity contribution in [2.45, 2.75) is 0 Å². The summed E-state index contributed by atoms with van der Waals surface area (Å²) in [6.07, 6.45) is 2.72. The Morgan fingerprint density at radius 1 is 1.06 bits per heavy atom. The van der Waals surface area contributed by atoms with E-state index in [-0.39, 0.29) is 28.8 Å². The average molecular weight is 543 g/mol. The molecule has 0 radical (unpaired) electrons. The predicted molar refractivity (Wildman–Crippen MR) is 131 cm³/mol. The Bertz CT molecular complexity index is 1310. The molecule has 4 rings (SSSR count). The highest BCUT2D eigenvalue weighted by Crippen LogP contribution is 2.33. The van der Waals surface area contributed by atoms with Crippen LogP contribution in [0.1, 0.15) is 21.5 Å². The molecule has 3 N–H and O–H groups in total. The van der Waals surface area contributed by atoms with Gasteiger partial charge in [-0.15, -0.1) is 0 Å². The Labute approximate surface area is 208 Å². The first-order valence-corrected chi connectivity index (χ1v) is 11.1. The van der Waals surface area contributed by atoms with Gasteiger partial charge in [0.05, 0.1) is 11.2 Å². The fourth-order valence-electron chi connectivity index (χ4n) is 3.02. The van der Waals surface area contributed by atoms with E-state index in [9.17, 15) is 14.7 Å². The number of phenols is 1. The molecule has 2 amide bonds. The second-order valence-electron chi connectivity index (χ2n) is 7.02. The van der Waals surface area contributed by atoms with Gasteiger partial charge in [0.25, 0.3) is 11.8 Å². The maximum atomic E-state index is 12.9. The molecule has 1 aliphatic heterocycles. The number of ether oxygens (including phenoxy) is 2. The second kappa shape index (κ2) is 10.4. The van der Waals surface area contributed by atoms with Gasteiger partial charge in [-0.05, 0) is 48.0 Å². The van der Waals surface area contributed by atoms with Crippen LogP contribution in [0.2, 0.25) is 5.02 Å². The van der Waals surface area contributed by atoms with Gasteiger partial charge < -0.3 is 19.9 Å². The van der Waals surface area contributed by atoms with Gasteiger partial charge in [-0.2, -0.15) is 5.10 Å². The molecule has 0 fully saturated rings. The number of carbonyl (C=O) groups excluding carboxylic acids is 2. The third-order valence-electron chi connectivity index (χ3n) is 4.66. The number of hydrazone groups is 1. The quantitative estimate of drug-likeness (QED) is 0.242. The summed E-state index contributed by atoms with van der Waals surface area (Å²) in [4.78, 5) is 25.6. The largest absolute Gasteiger partial charge is 0.506 e. The van der Waals surface area contributed by atoms with Gasteiger partial charge in [-0.1, -0.05) is 51.8 Å². The standard InChI is InChI=1S/C24H17BrClN3O5/c25-17-10-16(22(30)18(26)11-17)12-27-29-24(32)19(28-23(31)15-4-2-1-3-5-15)8-14-6-7-20-21(9-14)34-13-33-20/h1-12,30H,13H2,(H,28,31)(H,29,32). The number of benzene rings is 3. The van der Waals surface area contributed by atoms with Gasteiger partial charge in [0.2, 0.25) is 6.79 Å². The number of phenolic OH excluding ortho intramolecular Hbond substituents is 1. The minimum absolute atomic E-state index is 0.0543. The fourth-order valence-corrected chi connectivity index (χ4v) is 3.85. The molecule has 0 unspecified atom stereocenters. The molecule has 0 saturated heterocycles. The summed E-state index contributed by atoms with van der Waals surface area (Å²) in [5.74, 6) is -0.213. The zero-order chi connectivity index (χ0) is 24.1. The topological polar surface area (TPSA) is 109 Å². The number of halogens is 2. The SMILES string of the molecule is O=C(NN=Cc1cc(Br)cc(Cl)c1O)C(=Cc1ccc2c(c1)OCO2)NC(=O)c1ccccc1. The van der Waals surface area contributed by atoms with Crippen LogP contribution < -0.4 is 20.2 Å². The first-order chi connectivity index (χ1) is 16.4. The molecule has 1 heterocycles. The van der Waals surface area contributed by atoms with Crippen LogP contribution in [0.5, 0.6) is 17.2 Å². The number of aromatic hydroxyl groups is 1. The molecule has 0 atom stereocenters. The molecular formula is C24H17BrClN3O5. The van der Waals surface area contributed by atoms with Gasteiger partial charge in [0.1, 0.15) is 11.4 Å². The van der Waals surface area contributed by atoms with Crippen molar-refractivity contribution in [1.29, 1.82) is 0 Å². The van der Waals surface area contributed by atoms with Gasteiger partial charge in [0, 0.05) is 15.6 Å². The smallest absolute Gasteiger partial charge is 0.287 e. The van der Waals surface area contributed by atoms with Gasteiger partial charge in [0.15, 0.2) is 11.5 Å². The summed E-state index contributed by atoms with van der Waals surface area (Å²) in [7, 11) is 0. The number of carbonyl (C=O) groups is 2. The number of fused-ring (bicyclic) bond motifs is 1. The van der Waals surface area contributed by atoms with Crippen molar-refractivity contribution in [1.82, 2.24) is 10.7 Å². The summed E-state index contributed by atoms with van der Waals surface area (Å²) in [5.41, 5.74) is 3.56. The first kappa shape index (κ1) is 23.3. The molecule has 3 aromatic carbocycles. The molecule has 8 nitrogen and oxygen atoms in total. The van der Waals surface area contributed by atoms with E-state index in [1.807, 2.05) is 0 Å². The van der Waals surface area contributed by atoms with Crippen molar-refractivity contribution >= 4 is 51.6 Å². The van der Waals surface area contributed by atoms with Crippen LogP contribution in [0, 0.1) is 0 Å². The number of hydrogen-bond acceptors (Lipinski definition) is 6. The normalized spacial score (nSPS) is 12.6. The van der Waals surface area contributed by atoms with E-state index >= 15 is 0 Å². The molecule has 0 bridgehead atoms. The zero-order valence-corrected chi connectivity index (χ0v) is 19.8. The molecule has 34 heavy (non-hydrogen) atoms. The summed E-state index contributed by atoms with van der Waals surface area (Å²) >= 11 is 9.23. The van der Waals surface area contributed by atoms with E-state index < -0.39 is 11.8 Å². The van der Waals surface area contributed by atoms with Gasteiger partial charge in [-0.3, -0.25) is 9.59 Å². The Morgan fingerprint density at radius 3 is 2.62 bits per heavy atom. The maximum Gasteiger partial charge on any atom is 0.287 e. The molecule has 0 aromatic heterocycles. The third-order valence-corrected chi connectivity index (χ3v) is 5.41. The summed E-state index contributed by atoms with van der Waals surface area (Å²) in [6, 6.07) is 16.7. The van der Waals surface area contributed by atoms with Crippen LogP contribution in [0.4, 0.5) is 0 Å². The summed E-state index contributed by atoms with van der Waals surface area (Å²) < 4.78 is 11.3. The highest BCUT2D eigenvalue weighted by atomic mass is 79.9. The van der Waals surface area contributed by atoms with Crippen molar-refractivity contribution in [3.63, 3.8) is 0 Å². The molecular weight excluding hydrogens is 526 g/mol. The number of nitrogens with zero attached hydrogens (tertiary/aromatic N) is 1. The minimum Gasteiger partial charge on any atom is -0.506 e. The lowest BCUT2D eigenvalue weighted by atomic mass is 10.1. The minimum atomic E-state index is -0.682. The van der Waals surface area contributed by atoms with Crippen molar-refractivity contribution < 1.29 is 24.2 Å². The summed E-state index contributed by atoms with van der Waals surface area (Å²) in [6.45, 7) is 0.113. The van der Waals surface area contributed by atoms with Crippen LogP contribution in [-0.2, 0) is 4.79 Å². The predicted octanol–water partition coefficient (Wildman–Crippen LogP) is 4.46. The molecule has 0 aliphatic carbocycles. The first-order valence-electron chi connectivity index (χ1n) is 9.90. The van der Waals surface area contributed by atoms with Crippen molar-refractivity contribution in [2.24, 2.45) is 5.10 Å². The Morgan fingerprint density at radius 2 is 1.82 bits per heavy atom. The second-order valence-corrected chi connectivity index (χ2v) is 8.34. The highest BCUT2D eigenvalue weighted by molar-refractivity contribution is 9.10. The van der Waals surface area contributed by atoms with E-state index in [1.54, 1.807) is 54.6 Å². The van der Waals surface area contributed by atoms with Gasteiger partial charge in [-0.25, -0.2) is 5.43 Å². The van der Waals surface area contributed by atoms with E-state index in [4.69, 9.17) is 21.1 Å². The molecule has 3 aromatic rings. The Balaban J connectivity index is 1.58. The van der Waals surface area contributed by atoms with E-state index in [0.29, 0.717) is 27.1 Å². The highest BCUT2D eigenvalue weighted by Gasteiger charge is 2.17. The van der Waals surface area contributed by atoms with Crippen LogP contribution in [0.25, 0.3) is 6.08 Å². The average Bonchev–Trinajstić information content (AvgIpc) is 3.30. The zero-order valence-electron chi connectivity index (χ0n) is 17.4. The van der Waals surface area contributed by atoms with Crippen LogP contribution in [0.15, 0.2) is 75.9 Å². The Kier molecular flexibility index (Phi) is 7.15. The molecule has 0 spiro atoms. The van der Waals surface area contributed by atoms with E-state index in [0.717, 1.165) is 0 Å². The fraction of sp³-hybridized carbons (Fsp3) is 0.0417. The van der Waals surface area contributed by atoms with Crippen molar-refractivity contribution in [2.75, 3.05) is 6.79 Å². The lowest BCUT2D eigenvalue weighted by Gasteiger charge is -2.09. The summed E-state index contributed by atoms with van der Waals surface area (Å²) in [5, 5.41) is 16.7. The lowest BCUT2D eigenvalue weighted by Crippen LogP contribution is -2.32. The van der Waals surface area contributed by atoms with E-state index in [2.05, 4.69) is 31.8 Å². The molecule has 10 heteroatoms. The number of rotatable bonds is 6. The lowest BCUT2D eigenvalue weighted by molar-refractivity contribution is -0.117. The molecule has 172 valence electrons. The van der Waals surface area contributed by atoms with Crippen molar-refractivity contribution in [3.8, 4) is 17.2 Å². The monoisotopic (exact) mass is 541 g/mol. The molecule has 1 aliphatic rings. The van der Waals surface area contributed by atoms with Crippen LogP contribution in [-0.4, -0.2) is 29.9 Å². The number of nitrogens with one attached hydrogen (secondary N) is 2. The van der Waals surface area contributed by atoms with Crippen molar-refractivity contribution in [3.05, 3.63) is 92.5 Å². The molecule has 0 saturated carbocycles. The number of amides is 2.